The number of amides is 4. The van der Waals surface area contributed by atoms with Gasteiger partial charge in [-0.2, -0.15) is 0 Å². The summed E-state index contributed by atoms with van der Waals surface area (Å²) in [6.07, 6.45) is 5.01. The number of nitrogens with zero attached hydrogens (tertiary/aromatic N) is 2. The van der Waals surface area contributed by atoms with Crippen LogP contribution in [0.2, 0.25) is 0 Å². The molecule has 0 unspecified atom stereocenters. The normalized spacial score (nSPS) is 20.2. The summed E-state index contributed by atoms with van der Waals surface area (Å²) in [6, 6.07) is 7.31. The van der Waals surface area contributed by atoms with Crippen molar-refractivity contribution < 1.29 is 14.4 Å². The van der Waals surface area contributed by atoms with Gasteiger partial charge in [-0.05, 0) is 31.7 Å². The lowest BCUT2D eigenvalue weighted by molar-refractivity contribution is -0.137. The van der Waals surface area contributed by atoms with Gasteiger partial charge in [0.1, 0.15) is 6.04 Å². The molecule has 6 heteroatoms. The zero-order chi connectivity index (χ0) is 19.4. The summed E-state index contributed by atoms with van der Waals surface area (Å²) < 4.78 is 0. The Morgan fingerprint density at radius 3 is 2.48 bits per heavy atom. The molecule has 0 bridgehead atoms. The molecule has 0 aromatic heterocycles. The van der Waals surface area contributed by atoms with Gasteiger partial charge in [0.2, 0.25) is 5.91 Å². The minimum absolute atomic E-state index is 0.0349. The first kappa shape index (κ1) is 19.4. The van der Waals surface area contributed by atoms with Crippen LogP contribution in [-0.4, -0.2) is 46.3 Å². The summed E-state index contributed by atoms with van der Waals surface area (Å²) in [6.45, 7) is 4.91. The lowest BCUT2D eigenvalue weighted by Gasteiger charge is -2.30. The van der Waals surface area contributed by atoms with E-state index in [4.69, 9.17) is 0 Å². The highest BCUT2D eigenvalue weighted by molar-refractivity contribution is 6.05. The van der Waals surface area contributed by atoms with E-state index in [9.17, 15) is 14.4 Å². The van der Waals surface area contributed by atoms with Crippen molar-refractivity contribution in [3.8, 4) is 0 Å². The Morgan fingerprint density at radius 1 is 1.19 bits per heavy atom. The predicted octanol–water partition coefficient (Wildman–Crippen LogP) is 2.99. The van der Waals surface area contributed by atoms with E-state index in [1.54, 1.807) is 0 Å². The van der Waals surface area contributed by atoms with Crippen molar-refractivity contribution in [2.45, 2.75) is 71.0 Å². The van der Waals surface area contributed by atoms with Crippen LogP contribution in [0, 0.1) is 6.92 Å². The number of carbonyl (C=O) groups excluding carboxylic acids is 3. The van der Waals surface area contributed by atoms with Crippen molar-refractivity contribution in [3.63, 3.8) is 0 Å². The Hall–Kier alpha value is -2.37. The van der Waals surface area contributed by atoms with Crippen LogP contribution >= 0.6 is 0 Å². The van der Waals surface area contributed by atoms with Gasteiger partial charge >= 0.3 is 6.03 Å². The standard InChI is InChI=1S/C21H29N3O3/c1-3-12-23-20(26)18(22-21(23)27)13-19(25)24(17-6-4-5-7-17)14-16-10-8-15(2)9-11-16/h8-11,17-18H,3-7,12-14H2,1-2H3,(H,22,27)/t18-/m1/s1. The van der Waals surface area contributed by atoms with E-state index in [1.165, 1.54) is 10.5 Å². The van der Waals surface area contributed by atoms with Gasteiger partial charge in [-0.15, -0.1) is 0 Å². The molecular weight excluding hydrogens is 342 g/mol. The molecule has 1 aliphatic heterocycles. The van der Waals surface area contributed by atoms with Gasteiger partial charge < -0.3 is 10.2 Å². The summed E-state index contributed by atoms with van der Waals surface area (Å²) in [5, 5.41) is 2.68. The quantitative estimate of drug-likeness (QED) is 0.749. The van der Waals surface area contributed by atoms with Gasteiger partial charge in [0.15, 0.2) is 0 Å². The minimum atomic E-state index is -0.738. The first-order valence-corrected chi connectivity index (χ1v) is 9.96. The average Bonchev–Trinajstić information content (AvgIpc) is 3.26. The molecule has 1 saturated heterocycles. The van der Waals surface area contributed by atoms with Crippen LogP contribution in [0.3, 0.4) is 0 Å². The molecule has 0 radical (unpaired) electrons. The van der Waals surface area contributed by atoms with Crippen LogP contribution in [0.4, 0.5) is 4.79 Å². The van der Waals surface area contributed by atoms with Crippen molar-refractivity contribution in [1.29, 1.82) is 0 Å². The first-order chi connectivity index (χ1) is 13.0. The minimum Gasteiger partial charge on any atom is -0.335 e. The largest absolute Gasteiger partial charge is 0.335 e. The summed E-state index contributed by atoms with van der Waals surface area (Å²) in [7, 11) is 0. The van der Waals surface area contributed by atoms with Crippen molar-refractivity contribution in [2.24, 2.45) is 0 Å². The number of carbonyl (C=O) groups is 3. The number of imide groups is 1. The fourth-order valence-electron chi connectivity index (χ4n) is 3.97. The molecule has 2 fully saturated rings. The zero-order valence-electron chi connectivity index (χ0n) is 16.2. The summed E-state index contributed by atoms with van der Waals surface area (Å²) in [4.78, 5) is 40.7. The predicted molar refractivity (Wildman–Crippen MR) is 103 cm³/mol. The van der Waals surface area contributed by atoms with Gasteiger partial charge in [-0.1, -0.05) is 49.6 Å². The van der Waals surface area contributed by atoms with Crippen LogP contribution in [0.15, 0.2) is 24.3 Å². The first-order valence-electron chi connectivity index (χ1n) is 9.96. The number of hydrogen-bond acceptors (Lipinski definition) is 3. The Labute approximate surface area is 160 Å². The fourth-order valence-corrected chi connectivity index (χ4v) is 3.97. The van der Waals surface area contributed by atoms with Gasteiger partial charge in [0.25, 0.3) is 5.91 Å². The smallest absolute Gasteiger partial charge is 0.324 e. The van der Waals surface area contributed by atoms with Crippen molar-refractivity contribution >= 4 is 17.8 Å². The maximum atomic E-state index is 13.1. The van der Waals surface area contributed by atoms with E-state index in [1.807, 2.05) is 18.7 Å². The summed E-state index contributed by atoms with van der Waals surface area (Å²) in [5.74, 6) is -0.337. The highest BCUT2D eigenvalue weighted by Gasteiger charge is 2.40. The van der Waals surface area contributed by atoms with Gasteiger partial charge in [0, 0.05) is 19.1 Å². The summed E-state index contributed by atoms with van der Waals surface area (Å²) >= 11 is 0. The number of aryl methyl sites for hydroxylation is 1. The fraction of sp³-hybridized carbons (Fsp3) is 0.571. The molecule has 1 atom stereocenters. The Balaban J connectivity index is 1.70. The highest BCUT2D eigenvalue weighted by Crippen LogP contribution is 2.26. The van der Waals surface area contributed by atoms with Gasteiger partial charge in [0.05, 0.1) is 6.42 Å². The molecule has 1 N–H and O–H groups in total. The Bertz CT molecular complexity index is 695. The maximum Gasteiger partial charge on any atom is 0.324 e. The second-order valence-corrected chi connectivity index (χ2v) is 7.64. The molecule has 3 rings (SSSR count). The van der Waals surface area contributed by atoms with Crippen LogP contribution in [0.25, 0.3) is 0 Å². The number of urea groups is 1. The third-order valence-corrected chi connectivity index (χ3v) is 5.49. The van der Waals surface area contributed by atoms with E-state index in [-0.39, 0.29) is 30.3 Å². The molecule has 1 saturated carbocycles. The summed E-state index contributed by atoms with van der Waals surface area (Å²) in [5.41, 5.74) is 2.28. The topological polar surface area (TPSA) is 69.7 Å². The SMILES string of the molecule is CCCN1C(=O)N[C@H](CC(=O)N(Cc2ccc(C)cc2)C2CCCC2)C1=O. The molecule has 1 aromatic carbocycles. The Kier molecular flexibility index (Phi) is 6.14. The third kappa shape index (κ3) is 4.49. The number of benzene rings is 1. The van der Waals surface area contributed by atoms with Crippen molar-refractivity contribution in [2.75, 3.05) is 6.54 Å². The Morgan fingerprint density at radius 2 is 1.85 bits per heavy atom. The lowest BCUT2D eigenvalue weighted by Crippen LogP contribution is -2.42. The molecule has 1 heterocycles. The molecule has 1 aromatic rings. The van der Waals surface area contributed by atoms with Crippen molar-refractivity contribution in [1.82, 2.24) is 15.1 Å². The van der Waals surface area contributed by atoms with Crippen molar-refractivity contribution in [3.05, 3.63) is 35.4 Å². The monoisotopic (exact) mass is 371 g/mol. The van der Waals surface area contributed by atoms with Gasteiger partial charge in [-0.3, -0.25) is 14.5 Å². The second kappa shape index (κ2) is 8.55. The van der Waals surface area contributed by atoms with Gasteiger partial charge in [-0.25, -0.2) is 4.79 Å². The van der Waals surface area contributed by atoms with E-state index < -0.39 is 6.04 Å². The molecule has 0 spiro atoms. The second-order valence-electron chi connectivity index (χ2n) is 7.64. The number of rotatable bonds is 7. The lowest BCUT2D eigenvalue weighted by atomic mass is 10.1. The molecule has 1 aliphatic carbocycles. The van der Waals surface area contributed by atoms with E-state index >= 15 is 0 Å². The van der Waals surface area contributed by atoms with E-state index in [0.717, 1.165) is 31.2 Å². The van der Waals surface area contributed by atoms with Crippen LogP contribution in [-0.2, 0) is 16.1 Å². The number of hydrogen-bond donors (Lipinski definition) is 1. The molecule has 27 heavy (non-hydrogen) atoms. The maximum absolute atomic E-state index is 13.1. The average molecular weight is 371 g/mol. The zero-order valence-corrected chi connectivity index (χ0v) is 16.2. The van der Waals surface area contributed by atoms with E-state index in [2.05, 4.69) is 29.6 Å². The van der Waals surface area contributed by atoms with Crippen LogP contribution < -0.4 is 5.32 Å². The molecular formula is C21H29N3O3. The molecule has 2 aliphatic rings. The molecule has 146 valence electrons. The highest BCUT2D eigenvalue weighted by atomic mass is 16.2. The number of nitrogens with one attached hydrogen (secondary N) is 1. The molecule has 6 nitrogen and oxygen atoms in total. The van der Waals surface area contributed by atoms with Crippen LogP contribution in [0.1, 0.15) is 56.6 Å². The van der Waals surface area contributed by atoms with Crippen LogP contribution in [0.5, 0.6) is 0 Å². The molecule has 4 amide bonds. The van der Waals surface area contributed by atoms with E-state index in [0.29, 0.717) is 19.5 Å². The third-order valence-electron chi connectivity index (χ3n) is 5.49.